The Kier molecular flexibility index (Phi) is 7.01. The summed E-state index contributed by atoms with van der Waals surface area (Å²) < 4.78 is 22.2. The number of rotatable bonds is 7. The number of nitrogens with one attached hydrogen (secondary N) is 1. The van der Waals surface area contributed by atoms with E-state index < -0.39 is 0 Å². The normalized spacial score (nSPS) is 16.8. The highest BCUT2D eigenvalue weighted by atomic mass is 16.6. The van der Waals surface area contributed by atoms with Crippen molar-refractivity contribution in [1.29, 1.82) is 0 Å². The van der Waals surface area contributed by atoms with Crippen molar-refractivity contribution in [3.05, 3.63) is 65.4 Å². The Bertz CT molecular complexity index is 1150. The number of morpholine rings is 1. The molecule has 1 N–H and O–H groups in total. The summed E-state index contributed by atoms with van der Waals surface area (Å²) in [5.74, 6) is 2.07. The zero-order valence-electron chi connectivity index (χ0n) is 20.2. The van der Waals surface area contributed by atoms with Crippen LogP contribution in [0, 0.1) is 0 Å². The molecule has 0 unspecified atom stereocenters. The maximum atomic E-state index is 13.0. The number of aromatic nitrogens is 1. The Hall–Kier alpha value is -3.36. The van der Waals surface area contributed by atoms with Gasteiger partial charge in [0.15, 0.2) is 23.0 Å². The molecule has 0 bridgehead atoms. The van der Waals surface area contributed by atoms with Gasteiger partial charge in [-0.15, -0.1) is 0 Å². The van der Waals surface area contributed by atoms with Crippen LogP contribution in [0.3, 0.4) is 0 Å². The fraction of sp³-hybridized carbons (Fsp3) is 0.407. The molecule has 0 radical (unpaired) electrons. The molecule has 8 nitrogen and oxygen atoms in total. The summed E-state index contributed by atoms with van der Waals surface area (Å²) in [6.07, 6.45) is 0. The van der Waals surface area contributed by atoms with Crippen LogP contribution in [0.1, 0.15) is 47.4 Å². The molecule has 2 aromatic carbocycles. The smallest absolute Gasteiger partial charge is 0.273 e. The van der Waals surface area contributed by atoms with E-state index >= 15 is 0 Å². The minimum Gasteiger partial charge on any atom is -0.486 e. The first-order valence-corrected chi connectivity index (χ1v) is 12.1. The highest BCUT2D eigenvalue weighted by molar-refractivity contribution is 5.93. The van der Waals surface area contributed by atoms with Crippen LogP contribution in [0.4, 0.5) is 0 Å². The van der Waals surface area contributed by atoms with Gasteiger partial charge in [0.1, 0.15) is 13.2 Å². The number of fused-ring (bicyclic) bond motifs is 1. The van der Waals surface area contributed by atoms with Gasteiger partial charge >= 0.3 is 0 Å². The minimum atomic E-state index is -0.269. The second kappa shape index (κ2) is 10.5. The lowest BCUT2D eigenvalue weighted by atomic mass is 9.98. The molecule has 3 heterocycles. The molecule has 1 fully saturated rings. The van der Waals surface area contributed by atoms with Gasteiger partial charge in [-0.05, 0) is 35.2 Å². The van der Waals surface area contributed by atoms with E-state index in [-0.39, 0.29) is 17.6 Å². The molecule has 35 heavy (non-hydrogen) atoms. The largest absolute Gasteiger partial charge is 0.486 e. The van der Waals surface area contributed by atoms with Gasteiger partial charge in [-0.25, -0.2) is 0 Å². The van der Waals surface area contributed by atoms with E-state index in [0.717, 1.165) is 18.7 Å². The summed E-state index contributed by atoms with van der Waals surface area (Å²) in [4.78, 5) is 15.3. The highest BCUT2D eigenvalue weighted by Crippen LogP contribution is 2.34. The van der Waals surface area contributed by atoms with Crippen molar-refractivity contribution in [1.82, 2.24) is 15.4 Å². The molecule has 2 aliphatic rings. The molecule has 0 spiro atoms. The van der Waals surface area contributed by atoms with Gasteiger partial charge in [-0.2, -0.15) is 0 Å². The van der Waals surface area contributed by atoms with E-state index in [0.29, 0.717) is 56.1 Å². The molecular formula is C27H31N3O5. The first kappa shape index (κ1) is 23.4. The topological polar surface area (TPSA) is 86.1 Å². The average molecular weight is 478 g/mol. The summed E-state index contributed by atoms with van der Waals surface area (Å²) in [6, 6.07) is 15.9. The average Bonchev–Trinajstić information content (AvgIpc) is 3.40. The van der Waals surface area contributed by atoms with Gasteiger partial charge in [-0.3, -0.25) is 9.69 Å². The molecule has 0 saturated carbocycles. The van der Waals surface area contributed by atoms with Crippen molar-refractivity contribution in [2.45, 2.75) is 25.8 Å². The maximum Gasteiger partial charge on any atom is 0.273 e. The molecule has 8 heteroatoms. The Morgan fingerprint density at radius 2 is 1.66 bits per heavy atom. The molecular weight excluding hydrogens is 446 g/mol. The maximum absolute atomic E-state index is 13.0. The Balaban J connectivity index is 1.28. The third kappa shape index (κ3) is 5.33. The van der Waals surface area contributed by atoms with Crippen LogP contribution in [-0.2, 0) is 4.74 Å². The fourth-order valence-corrected chi connectivity index (χ4v) is 4.44. The van der Waals surface area contributed by atoms with Gasteiger partial charge in [0.2, 0.25) is 0 Å². The van der Waals surface area contributed by atoms with E-state index in [1.165, 1.54) is 11.1 Å². The van der Waals surface area contributed by atoms with Gasteiger partial charge in [-0.1, -0.05) is 43.3 Å². The third-order valence-corrected chi connectivity index (χ3v) is 6.50. The van der Waals surface area contributed by atoms with Crippen LogP contribution >= 0.6 is 0 Å². The number of benzene rings is 2. The summed E-state index contributed by atoms with van der Waals surface area (Å²) in [5.41, 5.74) is 3.49. The quantitative estimate of drug-likeness (QED) is 0.550. The molecule has 1 amide bonds. The first-order chi connectivity index (χ1) is 17.1. The molecule has 1 atom stereocenters. The van der Waals surface area contributed by atoms with Crippen LogP contribution in [0.2, 0.25) is 0 Å². The molecule has 184 valence electrons. The van der Waals surface area contributed by atoms with Gasteiger partial charge < -0.3 is 24.1 Å². The summed E-state index contributed by atoms with van der Waals surface area (Å²) in [5, 5.41) is 7.06. The lowest BCUT2D eigenvalue weighted by molar-refractivity contribution is 0.0162. The van der Waals surface area contributed by atoms with Crippen molar-refractivity contribution < 1.29 is 23.5 Å². The van der Waals surface area contributed by atoms with Crippen LogP contribution in [0.25, 0.3) is 11.3 Å². The van der Waals surface area contributed by atoms with Crippen molar-refractivity contribution in [3.63, 3.8) is 0 Å². The molecule has 3 aromatic rings. The lowest BCUT2D eigenvalue weighted by Crippen LogP contribution is -2.43. The number of ether oxygens (including phenoxy) is 3. The second-order valence-corrected chi connectivity index (χ2v) is 9.13. The summed E-state index contributed by atoms with van der Waals surface area (Å²) in [6.45, 7) is 8.91. The standard InChI is InChI=1S/C27H31N3O5/c1-18(2)19-3-5-20(6-4-19)23(30-9-11-32-12-10-30)17-28-27(31)22-16-25(35-29-22)21-7-8-24-26(15-21)34-14-13-33-24/h3-8,15-16,18,23H,9-14,17H2,1-2H3,(H,28,31)/t23-/m1/s1. The van der Waals surface area contributed by atoms with E-state index in [2.05, 4.69) is 53.5 Å². The first-order valence-electron chi connectivity index (χ1n) is 12.1. The van der Waals surface area contributed by atoms with Crippen LogP contribution in [-0.4, -0.2) is 62.0 Å². The number of hydrogen-bond acceptors (Lipinski definition) is 7. The van der Waals surface area contributed by atoms with Crippen LogP contribution in [0.15, 0.2) is 53.1 Å². The number of carbonyl (C=O) groups is 1. The van der Waals surface area contributed by atoms with Crippen molar-refractivity contribution in [2.24, 2.45) is 0 Å². The Morgan fingerprint density at radius 3 is 2.40 bits per heavy atom. The number of hydrogen-bond donors (Lipinski definition) is 1. The van der Waals surface area contributed by atoms with Crippen molar-refractivity contribution in [2.75, 3.05) is 46.1 Å². The summed E-state index contributed by atoms with van der Waals surface area (Å²) in [7, 11) is 0. The van der Waals surface area contributed by atoms with Gasteiger partial charge in [0.05, 0.1) is 19.3 Å². The Labute approximate surface area is 205 Å². The third-order valence-electron chi connectivity index (χ3n) is 6.50. The van der Waals surface area contributed by atoms with Gasteiger partial charge in [0.25, 0.3) is 5.91 Å². The van der Waals surface area contributed by atoms with Crippen LogP contribution in [0.5, 0.6) is 11.5 Å². The minimum absolute atomic E-state index is 0.0493. The SMILES string of the molecule is CC(C)c1ccc([C@@H](CNC(=O)c2cc(-c3ccc4c(c3)OCCO4)on2)N2CCOCC2)cc1. The highest BCUT2D eigenvalue weighted by Gasteiger charge is 2.24. The molecule has 1 saturated heterocycles. The van der Waals surface area contributed by atoms with Crippen LogP contribution < -0.4 is 14.8 Å². The zero-order valence-corrected chi connectivity index (χ0v) is 20.2. The second-order valence-electron chi connectivity index (χ2n) is 9.13. The molecule has 5 rings (SSSR count). The monoisotopic (exact) mass is 477 g/mol. The van der Waals surface area contributed by atoms with Gasteiger partial charge in [0, 0.05) is 31.3 Å². The zero-order chi connectivity index (χ0) is 24.2. The van der Waals surface area contributed by atoms with E-state index in [4.69, 9.17) is 18.7 Å². The lowest BCUT2D eigenvalue weighted by Gasteiger charge is -2.35. The number of carbonyl (C=O) groups excluding carboxylic acids is 1. The Morgan fingerprint density at radius 1 is 0.943 bits per heavy atom. The predicted octanol–water partition coefficient (Wildman–Crippen LogP) is 4.04. The number of nitrogens with zero attached hydrogens (tertiary/aromatic N) is 2. The van der Waals surface area contributed by atoms with E-state index in [1.54, 1.807) is 6.07 Å². The fourth-order valence-electron chi connectivity index (χ4n) is 4.44. The molecule has 0 aliphatic carbocycles. The number of amides is 1. The van der Waals surface area contributed by atoms with E-state index in [9.17, 15) is 4.79 Å². The predicted molar refractivity (Wildman–Crippen MR) is 131 cm³/mol. The van der Waals surface area contributed by atoms with Crippen molar-refractivity contribution in [3.8, 4) is 22.8 Å². The molecule has 1 aromatic heterocycles. The van der Waals surface area contributed by atoms with Crippen molar-refractivity contribution >= 4 is 5.91 Å². The summed E-state index contributed by atoms with van der Waals surface area (Å²) >= 11 is 0. The molecule has 2 aliphatic heterocycles. The van der Waals surface area contributed by atoms with E-state index in [1.807, 2.05) is 18.2 Å².